The van der Waals surface area contributed by atoms with E-state index in [4.69, 9.17) is 0 Å². The van der Waals surface area contributed by atoms with Gasteiger partial charge in [-0.1, -0.05) is 12.1 Å². The fraction of sp³-hybridized carbons (Fsp3) is 0.385. The minimum absolute atomic E-state index is 0.0693. The smallest absolute Gasteiger partial charge is 0.261 e. The lowest BCUT2D eigenvalue weighted by Gasteiger charge is -2.06. The lowest BCUT2D eigenvalue weighted by Crippen LogP contribution is -2.21. The Hall–Kier alpha value is -1.29. The normalized spacial score (nSPS) is 10.9. The molecule has 0 saturated carbocycles. The van der Waals surface area contributed by atoms with E-state index in [9.17, 15) is 4.79 Å². The van der Waals surface area contributed by atoms with Gasteiger partial charge in [-0.2, -0.15) is 11.8 Å². The van der Waals surface area contributed by atoms with E-state index in [1.165, 1.54) is 0 Å². The van der Waals surface area contributed by atoms with E-state index in [0.717, 1.165) is 35.2 Å². The molecule has 0 radical (unpaired) electrons. The highest BCUT2D eigenvalue weighted by molar-refractivity contribution is 7.98. The molecule has 1 aromatic heterocycles. The molecule has 0 aliphatic rings. The Bertz CT molecular complexity index is 577. The molecule has 90 valence electrons. The van der Waals surface area contributed by atoms with Crippen LogP contribution in [0.5, 0.6) is 0 Å². The van der Waals surface area contributed by atoms with E-state index in [2.05, 4.69) is 11.2 Å². The van der Waals surface area contributed by atoms with Crippen molar-refractivity contribution in [1.29, 1.82) is 0 Å². The second-order valence-corrected chi connectivity index (χ2v) is 5.05. The van der Waals surface area contributed by atoms with Crippen molar-refractivity contribution in [1.82, 2.24) is 9.55 Å². The summed E-state index contributed by atoms with van der Waals surface area (Å²) >= 11 is 1.80. The molecule has 2 aromatic rings. The standard InChI is InChI=1S/C13H16N2OS/c1-10-5-3-6-11-12(10)14-9-15(13(11)16)7-4-8-17-2/h3,5-6,9H,4,7-8H2,1-2H3. The SMILES string of the molecule is CSCCCn1cnc2c(C)cccc2c1=O. The van der Waals surface area contributed by atoms with Gasteiger partial charge in [0.2, 0.25) is 0 Å². The summed E-state index contributed by atoms with van der Waals surface area (Å²) in [4.78, 5) is 16.6. The lowest BCUT2D eigenvalue weighted by molar-refractivity contribution is 0.652. The van der Waals surface area contributed by atoms with Gasteiger partial charge in [-0.3, -0.25) is 9.36 Å². The number of hydrogen-bond donors (Lipinski definition) is 0. The average Bonchev–Trinajstić information content (AvgIpc) is 2.33. The van der Waals surface area contributed by atoms with Crippen LogP contribution in [0.1, 0.15) is 12.0 Å². The molecule has 0 saturated heterocycles. The molecule has 0 atom stereocenters. The van der Waals surface area contributed by atoms with Gasteiger partial charge in [0, 0.05) is 6.54 Å². The van der Waals surface area contributed by atoms with Gasteiger partial charge in [0.1, 0.15) is 0 Å². The third-order valence-electron chi connectivity index (χ3n) is 2.80. The molecule has 3 nitrogen and oxygen atoms in total. The van der Waals surface area contributed by atoms with Crippen molar-refractivity contribution in [3.05, 3.63) is 40.4 Å². The summed E-state index contributed by atoms with van der Waals surface area (Å²) in [6, 6.07) is 5.74. The fourth-order valence-electron chi connectivity index (χ4n) is 1.88. The Morgan fingerprint density at radius 2 is 2.24 bits per heavy atom. The first-order valence-electron chi connectivity index (χ1n) is 5.67. The number of para-hydroxylation sites is 1. The molecule has 1 aromatic carbocycles. The zero-order chi connectivity index (χ0) is 12.3. The van der Waals surface area contributed by atoms with Gasteiger partial charge >= 0.3 is 0 Å². The molecule has 0 amide bonds. The molecule has 0 N–H and O–H groups in total. The minimum atomic E-state index is 0.0693. The molecule has 0 aliphatic heterocycles. The number of rotatable bonds is 4. The molecule has 4 heteroatoms. The molecule has 1 heterocycles. The molecule has 17 heavy (non-hydrogen) atoms. The van der Waals surface area contributed by atoms with Crippen molar-refractivity contribution in [2.24, 2.45) is 0 Å². The van der Waals surface area contributed by atoms with Crippen LogP contribution in [0.25, 0.3) is 10.9 Å². The lowest BCUT2D eigenvalue weighted by atomic mass is 10.1. The Balaban J connectivity index is 2.41. The van der Waals surface area contributed by atoms with E-state index in [1.54, 1.807) is 22.7 Å². The van der Waals surface area contributed by atoms with Crippen LogP contribution < -0.4 is 5.56 Å². The number of thioether (sulfide) groups is 1. The van der Waals surface area contributed by atoms with Crippen LogP contribution in [0.4, 0.5) is 0 Å². The quantitative estimate of drug-likeness (QED) is 0.780. The predicted octanol–water partition coefficient (Wildman–Crippen LogP) is 2.46. The Labute approximate surface area is 105 Å². The summed E-state index contributed by atoms with van der Waals surface area (Å²) in [5.74, 6) is 1.07. The van der Waals surface area contributed by atoms with E-state index in [1.807, 2.05) is 25.1 Å². The zero-order valence-electron chi connectivity index (χ0n) is 10.1. The molecular formula is C13H16N2OS. The summed E-state index contributed by atoms with van der Waals surface area (Å²) < 4.78 is 1.71. The van der Waals surface area contributed by atoms with Crippen LogP contribution in [-0.4, -0.2) is 21.6 Å². The summed E-state index contributed by atoms with van der Waals surface area (Å²) in [5.41, 5.74) is 1.94. The maximum absolute atomic E-state index is 12.2. The van der Waals surface area contributed by atoms with Crippen molar-refractivity contribution in [2.75, 3.05) is 12.0 Å². The topological polar surface area (TPSA) is 34.9 Å². The maximum Gasteiger partial charge on any atom is 0.261 e. The minimum Gasteiger partial charge on any atom is -0.299 e. The van der Waals surface area contributed by atoms with Crippen LogP contribution in [0.3, 0.4) is 0 Å². The monoisotopic (exact) mass is 248 g/mol. The molecule has 2 rings (SSSR count). The molecule has 0 bridgehead atoms. The molecule has 0 spiro atoms. The fourth-order valence-corrected chi connectivity index (χ4v) is 2.29. The maximum atomic E-state index is 12.2. The number of aryl methyl sites for hydroxylation is 2. The third kappa shape index (κ3) is 2.52. The van der Waals surface area contributed by atoms with Gasteiger partial charge in [0.25, 0.3) is 5.56 Å². The highest BCUT2D eigenvalue weighted by Crippen LogP contribution is 2.11. The molecule has 0 unspecified atom stereocenters. The van der Waals surface area contributed by atoms with Crippen LogP contribution >= 0.6 is 11.8 Å². The summed E-state index contributed by atoms with van der Waals surface area (Å²) in [6.07, 6.45) is 4.74. The first-order chi connectivity index (χ1) is 8.24. The van der Waals surface area contributed by atoms with Crippen LogP contribution in [-0.2, 0) is 6.54 Å². The van der Waals surface area contributed by atoms with Gasteiger partial charge in [0.15, 0.2) is 0 Å². The Morgan fingerprint density at radius 1 is 1.41 bits per heavy atom. The highest BCUT2D eigenvalue weighted by Gasteiger charge is 2.04. The number of nitrogens with zero attached hydrogens (tertiary/aromatic N) is 2. The summed E-state index contributed by atoms with van der Waals surface area (Å²) in [7, 11) is 0. The zero-order valence-corrected chi connectivity index (χ0v) is 11.0. The first kappa shape index (κ1) is 12.2. The van der Waals surface area contributed by atoms with Crippen LogP contribution in [0, 0.1) is 6.92 Å². The van der Waals surface area contributed by atoms with Gasteiger partial charge in [-0.25, -0.2) is 4.98 Å². The Kier molecular flexibility index (Phi) is 3.84. The largest absolute Gasteiger partial charge is 0.299 e. The van der Waals surface area contributed by atoms with E-state index < -0.39 is 0 Å². The van der Waals surface area contributed by atoms with Crippen molar-refractivity contribution >= 4 is 22.7 Å². The van der Waals surface area contributed by atoms with Gasteiger partial charge in [0.05, 0.1) is 17.2 Å². The van der Waals surface area contributed by atoms with Crippen LogP contribution in [0.2, 0.25) is 0 Å². The van der Waals surface area contributed by atoms with E-state index >= 15 is 0 Å². The van der Waals surface area contributed by atoms with Crippen molar-refractivity contribution in [3.8, 4) is 0 Å². The van der Waals surface area contributed by atoms with Crippen molar-refractivity contribution in [2.45, 2.75) is 19.9 Å². The van der Waals surface area contributed by atoms with E-state index in [0.29, 0.717) is 0 Å². The number of fused-ring (bicyclic) bond motifs is 1. The molecular weight excluding hydrogens is 232 g/mol. The van der Waals surface area contributed by atoms with Gasteiger partial charge < -0.3 is 0 Å². The molecule has 0 fully saturated rings. The number of aromatic nitrogens is 2. The average molecular weight is 248 g/mol. The van der Waals surface area contributed by atoms with Gasteiger partial charge in [-0.15, -0.1) is 0 Å². The summed E-state index contributed by atoms with van der Waals surface area (Å²) in [6.45, 7) is 2.73. The number of benzene rings is 1. The third-order valence-corrected chi connectivity index (χ3v) is 3.50. The van der Waals surface area contributed by atoms with Gasteiger partial charge in [-0.05, 0) is 37.0 Å². The molecule has 0 aliphatic carbocycles. The van der Waals surface area contributed by atoms with E-state index in [-0.39, 0.29) is 5.56 Å². The highest BCUT2D eigenvalue weighted by atomic mass is 32.2. The predicted molar refractivity (Wildman–Crippen MR) is 73.7 cm³/mol. The first-order valence-corrected chi connectivity index (χ1v) is 7.07. The second-order valence-electron chi connectivity index (χ2n) is 4.06. The van der Waals surface area contributed by atoms with Crippen molar-refractivity contribution < 1.29 is 0 Å². The summed E-state index contributed by atoms with van der Waals surface area (Å²) in [5, 5.41) is 0.719. The number of hydrogen-bond acceptors (Lipinski definition) is 3. The second kappa shape index (κ2) is 5.36. The Morgan fingerprint density at radius 3 is 3.00 bits per heavy atom. The van der Waals surface area contributed by atoms with Crippen LogP contribution in [0.15, 0.2) is 29.3 Å². The van der Waals surface area contributed by atoms with Crippen molar-refractivity contribution in [3.63, 3.8) is 0 Å².